The Hall–Kier alpha value is -1.36. The lowest BCUT2D eigenvalue weighted by Crippen LogP contribution is -2.44. The van der Waals surface area contributed by atoms with Crippen LogP contribution in [0.1, 0.15) is 6.92 Å². The molecule has 0 aliphatic carbocycles. The molecule has 0 aromatic rings. The molecule has 0 radical (unpaired) electrons. The zero-order valence-electron chi connectivity index (χ0n) is 9.56. The van der Waals surface area contributed by atoms with Crippen molar-refractivity contribution in [2.75, 3.05) is 32.7 Å². The molecule has 0 aromatic carbocycles. The number of hydrogen-bond acceptors (Lipinski definition) is 5. The maximum absolute atomic E-state index is 4.53. The van der Waals surface area contributed by atoms with Gasteiger partial charge in [0.15, 0.2) is 0 Å². The van der Waals surface area contributed by atoms with E-state index in [9.17, 15) is 0 Å². The van der Waals surface area contributed by atoms with Gasteiger partial charge < -0.3 is 15.1 Å². The lowest BCUT2D eigenvalue weighted by Gasteiger charge is -2.32. The van der Waals surface area contributed by atoms with Crippen LogP contribution in [0.4, 0.5) is 0 Å². The Morgan fingerprint density at radius 3 is 3.00 bits per heavy atom. The maximum Gasteiger partial charge on any atom is 0.134 e. The molecule has 0 bridgehead atoms. The van der Waals surface area contributed by atoms with Crippen LogP contribution in [0, 0.1) is 0 Å². The van der Waals surface area contributed by atoms with Crippen molar-refractivity contribution in [1.29, 1.82) is 0 Å². The average Bonchev–Trinajstić information content (AvgIpc) is 2.72. The number of rotatable bonds is 1. The highest BCUT2D eigenvalue weighted by Gasteiger charge is 2.25. The molecule has 3 aliphatic rings. The first-order chi connectivity index (χ1) is 7.84. The summed E-state index contributed by atoms with van der Waals surface area (Å²) in [6.45, 7) is 7.20. The van der Waals surface area contributed by atoms with Crippen molar-refractivity contribution >= 4 is 12.2 Å². The highest BCUT2D eigenvalue weighted by Crippen LogP contribution is 2.17. The number of piperazine rings is 1. The molecule has 5 heteroatoms. The molecule has 1 fully saturated rings. The molecular weight excluding hydrogens is 202 g/mol. The summed E-state index contributed by atoms with van der Waals surface area (Å²) in [6.07, 6.45) is 4.03. The van der Waals surface area contributed by atoms with Gasteiger partial charge in [-0.3, -0.25) is 4.99 Å². The second kappa shape index (κ2) is 3.90. The Balaban J connectivity index is 1.78. The summed E-state index contributed by atoms with van der Waals surface area (Å²) in [5, 5.41) is 3.35. The van der Waals surface area contributed by atoms with Crippen LogP contribution in [0.2, 0.25) is 0 Å². The molecule has 1 N–H and O–H groups in total. The molecule has 0 amide bonds. The van der Waals surface area contributed by atoms with E-state index in [1.54, 1.807) is 0 Å². The lowest BCUT2D eigenvalue weighted by atomic mass is 10.3. The van der Waals surface area contributed by atoms with Crippen LogP contribution in [0.15, 0.2) is 21.9 Å². The fraction of sp³-hybridized carbons (Fsp3) is 0.636. The molecular formula is C11H17N5. The van der Waals surface area contributed by atoms with Crippen molar-refractivity contribution in [3.05, 3.63) is 11.9 Å². The third-order valence-electron chi connectivity index (χ3n) is 3.27. The highest BCUT2D eigenvalue weighted by molar-refractivity contribution is 6.03. The van der Waals surface area contributed by atoms with Gasteiger partial charge in [-0.15, -0.1) is 0 Å². The largest absolute Gasteiger partial charge is 0.354 e. The van der Waals surface area contributed by atoms with Crippen LogP contribution in [0.3, 0.4) is 0 Å². The van der Waals surface area contributed by atoms with Gasteiger partial charge in [-0.2, -0.15) is 0 Å². The minimum Gasteiger partial charge on any atom is -0.354 e. The smallest absolute Gasteiger partial charge is 0.134 e. The number of fused-ring (bicyclic) bond motifs is 1. The van der Waals surface area contributed by atoms with E-state index in [0.717, 1.165) is 44.4 Å². The molecule has 3 aliphatic heterocycles. The number of nitrogens with zero attached hydrogens (tertiary/aromatic N) is 4. The molecule has 0 unspecified atom stereocenters. The molecule has 0 spiro atoms. The van der Waals surface area contributed by atoms with Crippen molar-refractivity contribution in [2.24, 2.45) is 9.98 Å². The number of aliphatic imine (C=N–C) groups is 2. The molecule has 1 atom stereocenters. The Bertz CT molecular complexity index is 365. The first kappa shape index (κ1) is 9.84. The summed E-state index contributed by atoms with van der Waals surface area (Å²) >= 11 is 0. The third kappa shape index (κ3) is 1.61. The van der Waals surface area contributed by atoms with Gasteiger partial charge in [0.25, 0.3) is 0 Å². The molecule has 16 heavy (non-hydrogen) atoms. The van der Waals surface area contributed by atoms with Crippen molar-refractivity contribution in [1.82, 2.24) is 15.1 Å². The second-order valence-electron chi connectivity index (χ2n) is 4.44. The van der Waals surface area contributed by atoms with Crippen LogP contribution in [0.5, 0.6) is 0 Å². The third-order valence-corrected chi connectivity index (χ3v) is 3.27. The van der Waals surface area contributed by atoms with E-state index in [1.165, 1.54) is 0 Å². The van der Waals surface area contributed by atoms with Crippen LogP contribution in [0.25, 0.3) is 0 Å². The van der Waals surface area contributed by atoms with Crippen molar-refractivity contribution < 1.29 is 0 Å². The summed E-state index contributed by atoms with van der Waals surface area (Å²) < 4.78 is 0. The summed E-state index contributed by atoms with van der Waals surface area (Å²) in [5.41, 5.74) is 0. The van der Waals surface area contributed by atoms with E-state index in [-0.39, 0.29) is 0 Å². The number of amidine groups is 1. The maximum atomic E-state index is 4.53. The molecule has 0 saturated carbocycles. The van der Waals surface area contributed by atoms with Gasteiger partial charge in [-0.1, -0.05) is 0 Å². The van der Waals surface area contributed by atoms with Crippen LogP contribution in [-0.4, -0.2) is 60.7 Å². The SMILES string of the molecule is C[C@@H]1CN=C2C=C(N3CCNCC3)N=CN21. The number of nitrogens with one attached hydrogen (secondary N) is 1. The molecule has 3 rings (SSSR count). The van der Waals surface area contributed by atoms with Gasteiger partial charge in [0.2, 0.25) is 0 Å². The molecule has 5 nitrogen and oxygen atoms in total. The van der Waals surface area contributed by atoms with Gasteiger partial charge in [0.05, 0.1) is 18.9 Å². The quantitative estimate of drug-likeness (QED) is 0.668. The van der Waals surface area contributed by atoms with Gasteiger partial charge >= 0.3 is 0 Å². The zero-order valence-corrected chi connectivity index (χ0v) is 9.56. The Morgan fingerprint density at radius 1 is 1.38 bits per heavy atom. The monoisotopic (exact) mass is 219 g/mol. The summed E-state index contributed by atoms with van der Waals surface area (Å²) in [4.78, 5) is 13.5. The van der Waals surface area contributed by atoms with Crippen molar-refractivity contribution in [3.8, 4) is 0 Å². The summed E-state index contributed by atoms with van der Waals surface area (Å²) in [7, 11) is 0. The van der Waals surface area contributed by atoms with E-state index >= 15 is 0 Å². The Morgan fingerprint density at radius 2 is 2.19 bits per heavy atom. The summed E-state index contributed by atoms with van der Waals surface area (Å²) in [5.74, 6) is 2.13. The van der Waals surface area contributed by atoms with E-state index in [2.05, 4.69) is 38.1 Å². The molecule has 3 heterocycles. The molecule has 1 saturated heterocycles. The fourth-order valence-electron chi connectivity index (χ4n) is 2.26. The van der Waals surface area contributed by atoms with Crippen LogP contribution < -0.4 is 5.32 Å². The molecule has 86 valence electrons. The van der Waals surface area contributed by atoms with Crippen molar-refractivity contribution in [2.45, 2.75) is 13.0 Å². The predicted molar refractivity (Wildman–Crippen MR) is 64.6 cm³/mol. The highest BCUT2D eigenvalue weighted by atomic mass is 15.3. The number of hydrogen-bond donors (Lipinski definition) is 1. The Kier molecular flexibility index (Phi) is 2.40. The predicted octanol–water partition coefficient (Wildman–Crippen LogP) is -0.123. The van der Waals surface area contributed by atoms with E-state index in [0.29, 0.717) is 6.04 Å². The van der Waals surface area contributed by atoms with Crippen LogP contribution in [-0.2, 0) is 0 Å². The van der Waals surface area contributed by atoms with Gasteiger partial charge in [-0.05, 0) is 6.92 Å². The standard InChI is InChI=1S/C11H17N5/c1-9-7-13-11-6-10(14-8-16(9)11)15-4-2-12-3-5-15/h6,8-9,12H,2-5,7H2,1H3/t9-/m1/s1. The molecule has 0 aromatic heterocycles. The van der Waals surface area contributed by atoms with Gasteiger partial charge in [-0.25, -0.2) is 4.99 Å². The van der Waals surface area contributed by atoms with Gasteiger partial charge in [0, 0.05) is 32.3 Å². The van der Waals surface area contributed by atoms with Gasteiger partial charge in [0.1, 0.15) is 11.7 Å². The first-order valence-corrected chi connectivity index (χ1v) is 5.89. The topological polar surface area (TPSA) is 43.2 Å². The lowest BCUT2D eigenvalue weighted by molar-refractivity contribution is 0.296. The van der Waals surface area contributed by atoms with E-state index in [4.69, 9.17) is 0 Å². The van der Waals surface area contributed by atoms with Crippen molar-refractivity contribution in [3.63, 3.8) is 0 Å². The minimum absolute atomic E-state index is 0.458. The first-order valence-electron chi connectivity index (χ1n) is 5.89. The summed E-state index contributed by atoms with van der Waals surface area (Å²) in [6, 6.07) is 0.458. The van der Waals surface area contributed by atoms with Crippen LogP contribution >= 0.6 is 0 Å². The average molecular weight is 219 g/mol. The van der Waals surface area contributed by atoms with E-state index in [1.807, 2.05) is 6.34 Å². The second-order valence-corrected chi connectivity index (χ2v) is 4.44. The minimum atomic E-state index is 0.458. The fourth-order valence-corrected chi connectivity index (χ4v) is 2.26. The Labute approximate surface area is 95.5 Å². The normalized spacial score (nSPS) is 28.9. The van der Waals surface area contributed by atoms with E-state index < -0.39 is 0 Å². The zero-order chi connectivity index (χ0) is 11.0.